The molecule has 7 heteroatoms. The Kier molecular flexibility index (Phi) is 6.87. The maximum atomic E-state index is 11.4. The van der Waals surface area contributed by atoms with Gasteiger partial charge in [0.2, 0.25) is 5.89 Å². The van der Waals surface area contributed by atoms with Gasteiger partial charge >= 0.3 is 5.97 Å². The van der Waals surface area contributed by atoms with Crippen LogP contribution >= 0.6 is 0 Å². The molecule has 32 heavy (non-hydrogen) atoms. The minimum atomic E-state index is -0.849. The molecule has 2 aromatic carbocycles. The molecule has 1 aliphatic rings. The Morgan fingerprint density at radius 1 is 1.16 bits per heavy atom. The zero-order valence-electron chi connectivity index (χ0n) is 18.4. The summed E-state index contributed by atoms with van der Waals surface area (Å²) in [6.07, 6.45) is 0.650. The first-order valence-electron chi connectivity index (χ1n) is 10.8. The fraction of sp³-hybridized carbons (Fsp3) is 0.360. The van der Waals surface area contributed by atoms with Gasteiger partial charge in [-0.3, -0.25) is 9.69 Å². The van der Waals surface area contributed by atoms with E-state index in [1.54, 1.807) is 0 Å². The summed E-state index contributed by atoms with van der Waals surface area (Å²) >= 11 is 0. The summed E-state index contributed by atoms with van der Waals surface area (Å²) < 4.78 is 17.0. The van der Waals surface area contributed by atoms with Gasteiger partial charge < -0.3 is 19.0 Å². The van der Waals surface area contributed by atoms with Crippen LogP contribution in [-0.2, 0) is 22.5 Å². The highest BCUT2D eigenvalue weighted by Crippen LogP contribution is 2.23. The van der Waals surface area contributed by atoms with Crippen LogP contribution in [0.25, 0.3) is 11.5 Å². The first kappa shape index (κ1) is 22.0. The number of rotatable bonds is 8. The van der Waals surface area contributed by atoms with Crippen molar-refractivity contribution in [3.63, 3.8) is 0 Å². The van der Waals surface area contributed by atoms with E-state index in [0.29, 0.717) is 38.6 Å². The number of carbonyl (C=O) groups is 1. The molecule has 0 aliphatic carbocycles. The van der Waals surface area contributed by atoms with Crippen molar-refractivity contribution in [3.8, 4) is 17.2 Å². The molecular formula is C25H28N2O5. The maximum absolute atomic E-state index is 11.4. The number of nitrogens with zero attached hydrogens (tertiary/aromatic N) is 2. The highest BCUT2D eigenvalue weighted by molar-refractivity contribution is 5.73. The lowest BCUT2D eigenvalue weighted by atomic mass is 10.1. The number of aliphatic carboxylic acids is 1. The molecule has 3 aromatic rings. The molecule has 1 saturated heterocycles. The third-order valence-electron chi connectivity index (χ3n) is 5.63. The Balaban J connectivity index is 1.30. The van der Waals surface area contributed by atoms with Gasteiger partial charge in [0.05, 0.1) is 25.5 Å². The highest BCUT2D eigenvalue weighted by atomic mass is 16.5. The summed E-state index contributed by atoms with van der Waals surface area (Å²) in [4.78, 5) is 18.0. The first-order chi connectivity index (χ1) is 15.5. The minimum Gasteiger partial charge on any atom is -0.493 e. The molecule has 0 spiro atoms. The number of oxazole rings is 1. The molecule has 0 radical (unpaired) electrons. The summed E-state index contributed by atoms with van der Waals surface area (Å²) in [5.74, 6) is 1.35. The molecule has 1 N–H and O–H groups in total. The van der Waals surface area contributed by atoms with Gasteiger partial charge in [-0.15, -0.1) is 0 Å². The summed E-state index contributed by atoms with van der Waals surface area (Å²) in [6, 6.07) is 15.3. The standard InChI is InChI=1S/C25H28N2O5/c1-17-3-7-20(8-4-17)24-26-22(18(2)32-24)11-13-31-21-9-5-19(6-10-21)15-27-12-14-30-16-23(27)25(28)29/h3-10,23H,11-16H2,1-2H3,(H,28,29). The zero-order chi connectivity index (χ0) is 22.5. The minimum absolute atomic E-state index is 0.226. The van der Waals surface area contributed by atoms with Crippen molar-refractivity contribution in [1.29, 1.82) is 0 Å². The van der Waals surface area contributed by atoms with E-state index in [-0.39, 0.29) is 6.61 Å². The molecule has 1 atom stereocenters. The Labute approximate surface area is 187 Å². The number of carboxylic acid groups (broad SMARTS) is 1. The lowest BCUT2D eigenvalue weighted by Gasteiger charge is -2.32. The van der Waals surface area contributed by atoms with E-state index >= 15 is 0 Å². The van der Waals surface area contributed by atoms with Gasteiger partial charge in [0.1, 0.15) is 17.6 Å². The number of aromatic nitrogens is 1. The summed E-state index contributed by atoms with van der Waals surface area (Å²) in [6.45, 7) is 6.42. The van der Waals surface area contributed by atoms with Crippen LogP contribution in [0, 0.1) is 13.8 Å². The van der Waals surface area contributed by atoms with Crippen LogP contribution in [0.5, 0.6) is 5.75 Å². The number of ether oxygens (including phenoxy) is 2. The van der Waals surface area contributed by atoms with E-state index in [1.165, 1.54) is 5.56 Å². The van der Waals surface area contributed by atoms with Crippen molar-refractivity contribution in [2.24, 2.45) is 0 Å². The monoisotopic (exact) mass is 436 g/mol. The highest BCUT2D eigenvalue weighted by Gasteiger charge is 2.29. The van der Waals surface area contributed by atoms with E-state index in [9.17, 15) is 9.90 Å². The quantitative estimate of drug-likeness (QED) is 0.574. The Hall–Kier alpha value is -3.16. The molecule has 0 amide bonds. The van der Waals surface area contributed by atoms with Gasteiger partial charge in [-0.05, 0) is 43.7 Å². The second-order valence-electron chi connectivity index (χ2n) is 8.03. The van der Waals surface area contributed by atoms with E-state index in [0.717, 1.165) is 28.3 Å². The number of carboxylic acids is 1. The first-order valence-corrected chi connectivity index (χ1v) is 10.8. The van der Waals surface area contributed by atoms with Crippen LogP contribution in [0.15, 0.2) is 52.9 Å². The summed E-state index contributed by atoms with van der Waals surface area (Å²) in [7, 11) is 0. The van der Waals surface area contributed by atoms with Crippen LogP contribution in [-0.4, -0.2) is 53.4 Å². The molecule has 0 saturated carbocycles. The molecule has 168 valence electrons. The SMILES string of the molecule is Cc1ccc(-c2nc(CCOc3ccc(CN4CCOCC4C(=O)O)cc3)c(C)o2)cc1. The Bertz CT molecular complexity index is 1040. The predicted molar refractivity (Wildman–Crippen MR) is 120 cm³/mol. The van der Waals surface area contributed by atoms with Crippen molar-refractivity contribution < 1.29 is 23.8 Å². The summed E-state index contributed by atoms with van der Waals surface area (Å²) in [5.41, 5.74) is 4.10. The molecule has 4 rings (SSSR count). The van der Waals surface area contributed by atoms with Crippen molar-refractivity contribution in [2.75, 3.05) is 26.4 Å². The fourth-order valence-corrected chi connectivity index (χ4v) is 3.73. The lowest BCUT2D eigenvalue weighted by Crippen LogP contribution is -2.49. The smallest absolute Gasteiger partial charge is 0.323 e. The average Bonchev–Trinajstić information content (AvgIpc) is 3.16. The van der Waals surface area contributed by atoms with E-state index < -0.39 is 12.0 Å². The van der Waals surface area contributed by atoms with Gasteiger partial charge in [-0.2, -0.15) is 0 Å². The van der Waals surface area contributed by atoms with Crippen LogP contribution in [0.3, 0.4) is 0 Å². The van der Waals surface area contributed by atoms with E-state index in [1.807, 2.05) is 60.4 Å². The Morgan fingerprint density at radius 3 is 2.62 bits per heavy atom. The summed E-state index contributed by atoms with van der Waals surface area (Å²) in [5, 5.41) is 9.37. The van der Waals surface area contributed by atoms with Gasteiger partial charge in [0.25, 0.3) is 0 Å². The second kappa shape index (κ2) is 9.97. The zero-order valence-corrected chi connectivity index (χ0v) is 18.4. The molecule has 1 unspecified atom stereocenters. The number of morpholine rings is 1. The van der Waals surface area contributed by atoms with Crippen LogP contribution in [0.1, 0.15) is 22.6 Å². The molecular weight excluding hydrogens is 408 g/mol. The van der Waals surface area contributed by atoms with Crippen molar-refractivity contribution in [2.45, 2.75) is 32.9 Å². The average molecular weight is 437 g/mol. The molecule has 1 aliphatic heterocycles. The lowest BCUT2D eigenvalue weighted by molar-refractivity contribution is -0.150. The van der Waals surface area contributed by atoms with Gasteiger partial charge in [0.15, 0.2) is 0 Å². The van der Waals surface area contributed by atoms with E-state index in [2.05, 4.69) is 11.9 Å². The van der Waals surface area contributed by atoms with Crippen molar-refractivity contribution >= 4 is 5.97 Å². The fourth-order valence-electron chi connectivity index (χ4n) is 3.73. The number of hydrogen-bond donors (Lipinski definition) is 1. The molecule has 2 heterocycles. The second-order valence-corrected chi connectivity index (χ2v) is 8.03. The largest absolute Gasteiger partial charge is 0.493 e. The topological polar surface area (TPSA) is 85.0 Å². The van der Waals surface area contributed by atoms with Gasteiger partial charge in [-0.25, -0.2) is 4.98 Å². The molecule has 1 aromatic heterocycles. The van der Waals surface area contributed by atoms with Gasteiger partial charge in [0, 0.05) is 25.1 Å². The molecule has 1 fully saturated rings. The predicted octanol–water partition coefficient (Wildman–Crippen LogP) is 3.87. The van der Waals surface area contributed by atoms with Gasteiger partial charge in [-0.1, -0.05) is 29.8 Å². The van der Waals surface area contributed by atoms with Crippen molar-refractivity contribution in [3.05, 3.63) is 71.1 Å². The van der Waals surface area contributed by atoms with Crippen LogP contribution in [0.2, 0.25) is 0 Å². The normalized spacial score (nSPS) is 16.8. The van der Waals surface area contributed by atoms with E-state index in [4.69, 9.17) is 13.9 Å². The maximum Gasteiger partial charge on any atom is 0.323 e. The number of aryl methyl sites for hydroxylation is 2. The third kappa shape index (κ3) is 5.36. The molecule has 0 bridgehead atoms. The number of benzene rings is 2. The Morgan fingerprint density at radius 2 is 1.91 bits per heavy atom. The van der Waals surface area contributed by atoms with Crippen LogP contribution in [0.4, 0.5) is 0 Å². The number of hydrogen-bond acceptors (Lipinski definition) is 6. The molecule has 7 nitrogen and oxygen atoms in total. The van der Waals surface area contributed by atoms with Crippen molar-refractivity contribution in [1.82, 2.24) is 9.88 Å². The third-order valence-corrected chi connectivity index (χ3v) is 5.63. The van der Waals surface area contributed by atoms with Crippen LogP contribution < -0.4 is 4.74 Å².